The molecule has 0 saturated heterocycles. The van der Waals surface area contributed by atoms with E-state index in [1.807, 2.05) is 13.0 Å². The third kappa shape index (κ3) is 4.78. The topological polar surface area (TPSA) is 58.6 Å². The number of nitrogens with zero attached hydrogens (tertiary/aromatic N) is 1. The van der Waals surface area contributed by atoms with Gasteiger partial charge >= 0.3 is 0 Å². The molecule has 0 unspecified atom stereocenters. The first-order valence-corrected chi connectivity index (χ1v) is 8.10. The minimum atomic E-state index is -1.66. The number of methoxy groups -OCH3 is 1. The summed E-state index contributed by atoms with van der Waals surface area (Å²) in [5.41, 5.74) is 0.920. The molecule has 5 nitrogen and oxygen atoms in total. The molecule has 2 aromatic carbocycles. The average Bonchev–Trinajstić information content (AvgIpc) is 2.62. The fourth-order valence-electron chi connectivity index (χ4n) is 2.51. The smallest absolute Gasteiger partial charge is 0.226 e. The van der Waals surface area contributed by atoms with Crippen molar-refractivity contribution in [2.24, 2.45) is 0 Å². The van der Waals surface area contributed by atoms with E-state index in [-0.39, 0.29) is 18.9 Å². The molecule has 144 valence electrons. The lowest BCUT2D eigenvalue weighted by atomic mass is 10.1. The average molecular weight is 380 g/mol. The molecule has 0 heterocycles. The second-order valence-corrected chi connectivity index (χ2v) is 5.87. The van der Waals surface area contributed by atoms with Crippen molar-refractivity contribution in [3.05, 3.63) is 53.3 Å². The van der Waals surface area contributed by atoms with Crippen molar-refractivity contribution in [3.63, 3.8) is 0 Å². The Bertz CT molecular complexity index is 872. The number of rotatable bonds is 6. The lowest BCUT2D eigenvalue weighted by molar-refractivity contribution is -0.117. The first-order valence-electron chi connectivity index (χ1n) is 8.10. The Morgan fingerprint density at radius 1 is 1.11 bits per heavy atom. The molecule has 0 aliphatic rings. The molecule has 0 spiro atoms. The van der Waals surface area contributed by atoms with Crippen molar-refractivity contribution in [1.29, 1.82) is 0 Å². The van der Waals surface area contributed by atoms with E-state index in [2.05, 4.69) is 5.32 Å². The lowest BCUT2D eigenvalue weighted by Gasteiger charge is -2.23. The van der Waals surface area contributed by atoms with Gasteiger partial charge in [0.1, 0.15) is 5.75 Å². The van der Waals surface area contributed by atoms with Gasteiger partial charge in [-0.25, -0.2) is 13.2 Å². The standard InChI is InChI=1S/C19H19F3N2O3/c1-11-4-7-16(27-3)15(10-11)24(12(2)25)9-8-17(26)23-14-6-5-13(20)18(21)19(14)22/h4-7,10H,8-9H2,1-3H3,(H,23,26). The van der Waals surface area contributed by atoms with Crippen LogP contribution < -0.4 is 15.0 Å². The number of aryl methyl sites for hydroxylation is 1. The minimum Gasteiger partial charge on any atom is -0.495 e. The maximum absolute atomic E-state index is 13.6. The van der Waals surface area contributed by atoms with Crippen LogP contribution in [0, 0.1) is 24.4 Å². The molecule has 8 heteroatoms. The summed E-state index contributed by atoms with van der Waals surface area (Å²) >= 11 is 0. The van der Waals surface area contributed by atoms with E-state index >= 15 is 0 Å². The Morgan fingerprint density at radius 3 is 2.44 bits per heavy atom. The highest BCUT2D eigenvalue weighted by Crippen LogP contribution is 2.29. The van der Waals surface area contributed by atoms with Crippen molar-refractivity contribution in [3.8, 4) is 5.75 Å². The van der Waals surface area contributed by atoms with E-state index in [1.165, 1.54) is 18.9 Å². The molecule has 0 radical (unpaired) electrons. The maximum Gasteiger partial charge on any atom is 0.226 e. The van der Waals surface area contributed by atoms with Crippen LogP contribution in [-0.4, -0.2) is 25.5 Å². The Balaban J connectivity index is 2.13. The van der Waals surface area contributed by atoms with Crippen LogP contribution in [0.25, 0.3) is 0 Å². The van der Waals surface area contributed by atoms with E-state index in [0.29, 0.717) is 17.5 Å². The highest BCUT2D eigenvalue weighted by molar-refractivity contribution is 5.96. The Morgan fingerprint density at radius 2 is 1.81 bits per heavy atom. The number of nitrogens with one attached hydrogen (secondary N) is 1. The summed E-state index contributed by atoms with van der Waals surface area (Å²) in [7, 11) is 1.46. The third-order valence-corrected chi connectivity index (χ3v) is 3.88. The zero-order valence-corrected chi connectivity index (χ0v) is 15.1. The van der Waals surface area contributed by atoms with Gasteiger partial charge in [-0.3, -0.25) is 9.59 Å². The highest BCUT2D eigenvalue weighted by Gasteiger charge is 2.19. The zero-order chi connectivity index (χ0) is 20.1. The van der Waals surface area contributed by atoms with Gasteiger partial charge in [0.15, 0.2) is 17.5 Å². The predicted molar refractivity (Wildman–Crippen MR) is 95.3 cm³/mol. The normalized spacial score (nSPS) is 10.4. The second kappa shape index (κ2) is 8.57. The molecule has 0 aromatic heterocycles. The van der Waals surface area contributed by atoms with Crippen molar-refractivity contribution in [1.82, 2.24) is 0 Å². The summed E-state index contributed by atoms with van der Waals surface area (Å²) in [4.78, 5) is 25.4. The summed E-state index contributed by atoms with van der Waals surface area (Å²) in [6.07, 6.45) is -0.185. The monoisotopic (exact) mass is 380 g/mol. The van der Waals surface area contributed by atoms with Crippen LogP contribution in [0.2, 0.25) is 0 Å². The Kier molecular flexibility index (Phi) is 6.44. The molecule has 2 aromatic rings. The van der Waals surface area contributed by atoms with Crippen LogP contribution in [0.3, 0.4) is 0 Å². The zero-order valence-electron chi connectivity index (χ0n) is 15.1. The van der Waals surface area contributed by atoms with Gasteiger partial charge in [-0.2, -0.15) is 0 Å². The molecule has 0 aliphatic carbocycles. The molecule has 0 fully saturated rings. The Hall–Kier alpha value is -3.03. The molecular formula is C19H19F3N2O3. The van der Waals surface area contributed by atoms with Gasteiger partial charge in [0.05, 0.1) is 18.5 Å². The molecule has 0 aliphatic heterocycles. The largest absolute Gasteiger partial charge is 0.495 e. The minimum absolute atomic E-state index is 0.00766. The number of hydrogen-bond acceptors (Lipinski definition) is 3. The molecule has 2 amide bonds. The number of benzene rings is 2. The fraction of sp³-hybridized carbons (Fsp3) is 0.263. The molecule has 0 atom stereocenters. The lowest BCUT2D eigenvalue weighted by Crippen LogP contribution is -2.32. The molecule has 27 heavy (non-hydrogen) atoms. The summed E-state index contributed by atoms with van der Waals surface area (Å²) in [5, 5.41) is 2.17. The summed E-state index contributed by atoms with van der Waals surface area (Å²) in [6, 6.07) is 6.91. The SMILES string of the molecule is COc1ccc(C)cc1N(CCC(=O)Nc1ccc(F)c(F)c1F)C(C)=O. The van der Waals surface area contributed by atoms with Gasteiger partial charge in [-0.15, -0.1) is 0 Å². The number of anilines is 2. The number of amides is 2. The molecule has 0 bridgehead atoms. The van der Waals surface area contributed by atoms with Crippen molar-refractivity contribution >= 4 is 23.2 Å². The van der Waals surface area contributed by atoms with Crippen LogP contribution in [0.4, 0.5) is 24.5 Å². The van der Waals surface area contributed by atoms with Gasteiger partial charge in [0.2, 0.25) is 11.8 Å². The summed E-state index contributed by atoms with van der Waals surface area (Å²) < 4.78 is 45.1. The van der Waals surface area contributed by atoms with E-state index in [0.717, 1.165) is 11.6 Å². The number of carbonyl (C=O) groups excluding carboxylic acids is 2. The predicted octanol–water partition coefficient (Wildman–Crippen LogP) is 3.80. The molecule has 1 N–H and O–H groups in total. The quantitative estimate of drug-likeness (QED) is 0.776. The van der Waals surface area contributed by atoms with Crippen LogP contribution in [0.15, 0.2) is 30.3 Å². The van der Waals surface area contributed by atoms with Crippen LogP contribution in [0.1, 0.15) is 18.9 Å². The van der Waals surface area contributed by atoms with E-state index in [1.54, 1.807) is 12.1 Å². The van der Waals surface area contributed by atoms with E-state index in [4.69, 9.17) is 4.74 Å². The van der Waals surface area contributed by atoms with E-state index in [9.17, 15) is 22.8 Å². The van der Waals surface area contributed by atoms with Gasteiger partial charge in [-0.05, 0) is 36.8 Å². The van der Waals surface area contributed by atoms with Gasteiger partial charge in [0.25, 0.3) is 0 Å². The third-order valence-electron chi connectivity index (χ3n) is 3.88. The van der Waals surface area contributed by atoms with Crippen molar-refractivity contribution in [2.75, 3.05) is 23.9 Å². The Labute approximate surface area is 154 Å². The fourth-order valence-corrected chi connectivity index (χ4v) is 2.51. The number of carbonyl (C=O) groups is 2. The van der Waals surface area contributed by atoms with Crippen LogP contribution >= 0.6 is 0 Å². The number of ether oxygens (including phenoxy) is 1. The molecular weight excluding hydrogens is 361 g/mol. The van der Waals surface area contributed by atoms with Gasteiger partial charge in [-0.1, -0.05) is 6.07 Å². The molecule has 2 rings (SSSR count). The maximum atomic E-state index is 13.6. The number of halogens is 3. The summed E-state index contributed by atoms with van der Waals surface area (Å²) in [5.74, 6) is -5.00. The second-order valence-electron chi connectivity index (χ2n) is 5.87. The van der Waals surface area contributed by atoms with Gasteiger partial charge < -0.3 is 15.0 Å². The first-order chi connectivity index (χ1) is 12.7. The first kappa shape index (κ1) is 20.3. The van der Waals surface area contributed by atoms with Crippen molar-refractivity contribution < 1.29 is 27.5 Å². The highest BCUT2D eigenvalue weighted by atomic mass is 19.2. The summed E-state index contributed by atoms with van der Waals surface area (Å²) in [6.45, 7) is 3.18. The van der Waals surface area contributed by atoms with Crippen molar-refractivity contribution in [2.45, 2.75) is 20.3 Å². The van der Waals surface area contributed by atoms with Crippen LogP contribution in [-0.2, 0) is 9.59 Å². The molecule has 0 saturated carbocycles. The van der Waals surface area contributed by atoms with E-state index < -0.39 is 29.0 Å². The van der Waals surface area contributed by atoms with Crippen LogP contribution in [0.5, 0.6) is 5.75 Å². The number of hydrogen-bond donors (Lipinski definition) is 1. The van der Waals surface area contributed by atoms with Gasteiger partial charge in [0, 0.05) is 19.9 Å².